The van der Waals surface area contributed by atoms with Gasteiger partial charge in [0.1, 0.15) is 12.2 Å². The van der Waals surface area contributed by atoms with Crippen LogP contribution in [0.3, 0.4) is 0 Å². The molecule has 20 heavy (non-hydrogen) atoms. The van der Waals surface area contributed by atoms with E-state index in [1.54, 1.807) is 12.1 Å². The molecule has 0 aliphatic carbocycles. The summed E-state index contributed by atoms with van der Waals surface area (Å²) in [4.78, 5) is 10.2. The van der Waals surface area contributed by atoms with Gasteiger partial charge in [-0.1, -0.05) is 42.5 Å². The molecule has 2 aromatic rings. The summed E-state index contributed by atoms with van der Waals surface area (Å²) in [5.74, 6) is 0. The molecule has 0 amide bonds. The van der Waals surface area contributed by atoms with Crippen molar-refractivity contribution >= 4 is 11.8 Å². The number of nitro groups is 1. The van der Waals surface area contributed by atoms with Gasteiger partial charge >= 0.3 is 0 Å². The SMILES string of the molecule is O=[N+]([O-])c1ccc(C2OC2/C=C/c2ccccc2)cc1. The maximum absolute atomic E-state index is 10.6. The molecule has 2 aromatic carbocycles. The third-order valence-corrected chi connectivity index (χ3v) is 3.24. The molecule has 0 radical (unpaired) electrons. The molecular formula is C16H13NO3. The smallest absolute Gasteiger partial charge is 0.269 e. The van der Waals surface area contributed by atoms with Crippen LogP contribution >= 0.6 is 0 Å². The van der Waals surface area contributed by atoms with Crippen molar-refractivity contribution in [2.24, 2.45) is 0 Å². The molecule has 0 spiro atoms. The van der Waals surface area contributed by atoms with Crippen molar-refractivity contribution in [2.75, 3.05) is 0 Å². The monoisotopic (exact) mass is 267 g/mol. The third kappa shape index (κ3) is 2.75. The zero-order chi connectivity index (χ0) is 13.9. The molecule has 1 aliphatic rings. The number of hydrogen-bond donors (Lipinski definition) is 0. The van der Waals surface area contributed by atoms with Crippen molar-refractivity contribution in [1.82, 2.24) is 0 Å². The largest absolute Gasteiger partial charge is 0.360 e. The summed E-state index contributed by atoms with van der Waals surface area (Å²) in [5, 5.41) is 10.6. The Balaban J connectivity index is 1.64. The van der Waals surface area contributed by atoms with Gasteiger partial charge in [0.25, 0.3) is 5.69 Å². The first-order valence-corrected chi connectivity index (χ1v) is 6.37. The number of hydrogen-bond acceptors (Lipinski definition) is 3. The highest BCUT2D eigenvalue weighted by Gasteiger charge is 2.37. The van der Waals surface area contributed by atoms with E-state index in [0.29, 0.717) is 0 Å². The molecule has 4 heteroatoms. The van der Waals surface area contributed by atoms with Crippen molar-refractivity contribution in [3.05, 3.63) is 81.9 Å². The van der Waals surface area contributed by atoms with Gasteiger partial charge in [-0.2, -0.15) is 0 Å². The number of nitrogens with zero attached hydrogens (tertiary/aromatic N) is 1. The van der Waals surface area contributed by atoms with E-state index in [-0.39, 0.29) is 17.9 Å². The summed E-state index contributed by atoms with van der Waals surface area (Å²) in [6, 6.07) is 16.5. The topological polar surface area (TPSA) is 55.7 Å². The van der Waals surface area contributed by atoms with Gasteiger partial charge in [-0.25, -0.2) is 0 Å². The minimum atomic E-state index is -0.398. The normalized spacial score (nSPS) is 21.0. The first-order valence-electron chi connectivity index (χ1n) is 6.37. The second-order valence-corrected chi connectivity index (χ2v) is 4.64. The zero-order valence-corrected chi connectivity index (χ0v) is 10.7. The molecule has 0 aromatic heterocycles. The van der Waals surface area contributed by atoms with E-state index in [2.05, 4.69) is 0 Å². The van der Waals surface area contributed by atoms with Gasteiger partial charge in [0.2, 0.25) is 0 Å². The predicted octanol–water partition coefficient (Wildman–Crippen LogP) is 3.75. The lowest BCUT2D eigenvalue weighted by molar-refractivity contribution is -0.384. The van der Waals surface area contributed by atoms with Crippen LogP contribution < -0.4 is 0 Å². The van der Waals surface area contributed by atoms with Crippen molar-refractivity contribution in [3.63, 3.8) is 0 Å². The minimum Gasteiger partial charge on any atom is -0.360 e. The lowest BCUT2D eigenvalue weighted by atomic mass is 10.1. The summed E-state index contributed by atoms with van der Waals surface area (Å²) in [5.41, 5.74) is 2.20. The molecule has 1 fully saturated rings. The molecule has 1 aliphatic heterocycles. The van der Waals surface area contributed by atoms with E-state index in [0.717, 1.165) is 11.1 Å². The van der Waals surface area contributed by atoms with Crippen LogP contribution in [0, 0.1) is 10.1 Å². The summed E-state index contributed by atoms with van der Waals surface area (Å²) < 4.78 is 5.57. The third-order valence-electron chi connectivity index (χ3n) is 3.24. The standard InChI is InChI=1S/C16H13NO3/c18-17(19)14-9-7-13(8-10-14)16-15(20-16)11-6-12-4-2-1-3-5-12/h1-11,15-16H/b11-6+. The van der Waals surface area contributed by atoms with Crippen LogP contribution in [0.25, 0.3) is 6.08 Å². The van der Waals surface area contributed by atoms with Crippen LogP contribution in [0.1, 0.15) is 17.2 Å². The Kier molecular flexibility index (Phi) is 3.31. The second kappa shape index (κ2) is 5.27. The molecule has 1 saturated heterocycles. The van der Waals surface area contributed by atoms with Crippen LogP contribution in [0.15, 0.2) is 60.7 Å². The molecular weight excluding hydrogens is 254 g/mol. The van der Waals surface area contributed by atoms with Gasteiger partial charge < -0.3 is 4.74 Å². The number of ether oxygens (including phenoxy) is 1. The molecule has 100 valence electrons. The van der Waals surface area contributed by atoms with E-state index in [4.69, 9.17) is 4.74 Å². The Bertz CT molecular complexity index is 635. The highest BCUT2D eigenvalue weighted by molar-refractivity contribution is 5.50. The molecule has 0 N–H and O–H groups in total. The predicted molar refractivity (Wildman–Crippen MR) is 76.2 cm³/mol. The van der Waals surface area contributed by atoms with Crippen LogP contribution in [-0.2, 0) is 4.74 Å². The molecule has 2 atom stereocenters. The number of epoxide rings is 1. The molecule has 0 bridgehead atoms. The molecule has 4 nitrogen and oxygen atoms in total. The Morgan fingerprint density at radius 2 is 1.75 bits per heavy atom. The van der Waals surface area contributed by atoms with Gasteiger partial charge in [-0.05, 0) is 23.3 Å². The molecule has 0 saturated carbocycles. The van der Waals surface area contributed by atoms with E-state index in [9.17, 15) is 10.1 Å². The Morgan fingerprint density at radius 3 is 2.40 bits per heavy atom. The lowest BCUT2D eigenvalue weighted by Crippen LogP contribution is -1.89. The van der Waals surface area contributed by atoms with E-state index in [1.165, 1.54) is 12.1 Å². The fraction of sp³-hybridized carbons (Fsp3) is 0.125. The van der Waals surface area contributed by atoms with E-state index in [1.807, 2.05) is 42.5 Å². The van der Waals surface area contributed by atoms with Crippen molar-refractivity contribution in [1.29, 1.82) is 0 Å². The summed E-state index contributed by atoms with van der Waals surface area (Å²) in [6.07, 6.45) is 4.10. The Morgan fingerprint density at radius 1 is 1.05 bits per heavy atom. The molecule has 1 heterocycles. The van der Waals surface area contributed by atoms with Crippen molar-refractivity contribution in [2.45, 2.75) is 12.2 Å². The first kappa shape index (κ1) is 12.6. The molecule has 2 unspecified atom stereocenters. The highest BCUT2D eigenvalue weighted by atomic mass is 16.6. The van der Waals surface area contributed by atoms with E-state index >= 15 is 0 Å². The highest BCUT2D eigenvalue weighted by Crippen LogP contribution is 2.40. The number of non-ortho nitro benzene ring substituents is 1. The maximum atomic E-state index is 10.6. The number of rotatable bonds is 4. The van der Waals surface area contributed by atoms with E-state index < -0.39 is 4.92 Å². The minimum absolute atomic E-state index is 0.00997. The summed E-state index contributed by atoms with van der Waals surface area (Å²) in [6.45, 7) is 0. The Labute approximate surface area is 116 Å². The maximum Gasteiger partial charge on any atom is 0.269 e. The zero-order valence-electron chi connectivity index (χ0n) is 10.7. The van der Waals surface area contributed by atoms with Gasteiger partial charge in [-0.15, -0.1) is 0 Å². The van der Waals surface area contributed by atoms with Crippen molar-refractivity contribution < 1.29 is 9.66 Å². The van der Waals surface area contributed by atoms with Crippen LogP contribution in [-0.4, -0.2) is 11.0 Å². The Hall–Kier alpha value is -2.46. The average Bonchev–Trinajstić information content (AvgIpc) is 3.26. The van der Waals surface area contributed by atoms with Gasteiger partial charge in [0.15, 0.2) is 0 Å². The number of benzene rings is 2. The van der Waals surface area contributed by atoms with Crippen LogP contribution in [0.4, 0.5) is 5.69 Å². The fourth-order valence-corrected chi connectivity index (χ4v) is 2.09. The van der Waals surface area contributed by atoms with Gasteiger partial charge in [0, 0.05) is 12.1 Å². The lowest BCUT2D eigenvalue weighted by Gasteiger charge is -1.95. The second-order valence-electron chi connectivity index (χ2n) is 4.64. The number of nitro benzene ring substituents is 1. The quantitative estimate of drug-likeness (QED) is 0.481. The van der Waals surface area contributed by atoms with Crippen molar-refractivity contribution in [3.8, 4) is 0 Å². The van der Waals surface area contributed by atoms with Crippen LogP contribution in [0.5, 0.6) is 0 Å². The van der Waals surface area contributed by atoms with Gasteiger partial charge in [-0.3, -0.25) is 10.1 Å². The van der Waals surface area contributed by atoms with Gasteiger partial charge in [0.05, 0.1) is 4.92 Å². The molecule has 3 rings (SSSR count). The summed E-state index contributed by atoms with van der Waals surface area (Å²) >= 11 is 0. The first-order chi connectivity index (χ1) is 9.74. The van der Waals surface area contributed by atoms with Crippen LogP contribution in [0.2, 0.25) is 0 Å². The average molecular weight is 267 g/mol. The summed E-state index contributed by atoms with van der Waals surface area (Å²) in [7, 11) is 0. The fourth-order valence-electron chi connectivity index (χ4n) is 2.09.